The molecule has 36 heavy (non-hydrogen) atoms. The third-order valence-corrected chi connectivity index (χ3v) is 7.34. The van der Waals surface area contributed by atoms with Crippen molar-refractivity contribution >= 4 is 22.6 Å². The van der Waals surface area contributed by atoms with Crippen LogP contribution >= 0.6 is 0 Å². The molecule has 1 aromatic carbocycles. The highest BCUT2D eigenvalue weighted by molar-refractivity contribution is 5.85. The Kier molecular flexibility index (Phi) is 5.87. The Labute approximate surface area is 211 Å². The lowest BCUT2D eigenvalue weighted by Gasteiger charge is -2.53. The number of aromatic nitrogens is 4. The van der Waals surface area contributed by atoms with Gasteiger partial charge in [0.15, 0.2) is 11.5 Å². The zero-order valence-electron chi connectivity index (χ0n) is 20.7. The first-order valence-corrected chi connectivity index (χ1v) is 12.6. The predicted molar refractivity (Wildman–Crippen MR) is 146 cm³/mol. The van der Waals surface area contributed by atoms with Crippen molar-refractivity contribution in [3.05, 3.63) is 84.2 Å². The first kappa shape index (κ1) is 22.6. The molecule has 3 N–H and O–H groups in total. The van der Waals surface area contributed by atoms with Gasteiger partial charge in [-0.1, -0.05) is 30.4 Å². The normalized spacial score (nSPS) is 20.2. The summed E-state index contributed by atoms with van der Waals surface area (Å²) in [6.45, 7) is 7.23. The van der Waals surface area contributed by atoms with E-state index in [2.05, 4.69) is 56.2 Å². The van der Waals surface area contributed by atoms with E-state index in [9.17, 15) is 0 Å². The van der Waals surface area contributed by atoms with E-state index in [0.29, 0.717) is 17.9 Å². The summed E-state index contributed by atoms with van der Waals surface area (Å²) in [7, 11) is 0. The second-order valence-electron chi connectivity index (χ2n) is 9.53. The van der Waals surface area contributed by atoms with Crippen LogP contribution in [0.15, 0.2) is 73.0 Å². The second kappa shape index (κ2) is 9.33. The van der Waals surface area contributed by atoms with Gasteiger partial charge in [0.2, 0.25) is 0 Å². The molecule has 182 valence electrons. The van der Waals surface area contributed by atoms with Gasteiger partial charge in [-0.25, -0.2) is 15.0 Å². The first-order valence-electron chi connectivity index (χ1n) is 12.6. The Morgan fingerprint density at radius 2 is 1.86 bits per heavy atom. The van der Waals surface area contributed by atoms with Gasteiger partial charge < -0.3 is 11.1 Å². The Hall–Kier alpha value is -3.81. The maximum atomic E-state index is 6.29. The average Bonchev–Trinajstić information content (AvgIpc) is 3.29. The molecule has 0 radical (unpaired) electrons. The fourth-order valence-corrected chi connectivity index (χ4v) is 5.44. The van der Waals surface area contributed by atoms with Gasteiger partial charge in [-0.15, -0.1) is 0 Å². The Morgan fingerprint density at radius 3 is 2.56 bits per heavy atom. The summed E-state index contributed by atoms with van der Waals surface area (Å²) < 4.78 is 2.10. The van der Waals surface area contributed by atoms with Crippen molar-refractivity contribution in [3.8, 4) is 17.1 Å². The molecule has 0 saturated carbocycles. The topological polar surface area (TPSA) is 84.9 Å². The van der Waals surface area contributed by atoms with Gasteiger partial charge in [0.1, 0.15) is 11.3 Å². The van der Waals surface area contributed by atoms with Crippen LogP contribution in [0.5, 0.6) is 0 Å². The highest BCUT2D eigenvalue weighted by atomic mass is 15.3. The Bertz CT molecular complexity index is 1450. The molecule has 2 atom stereocenters. The molecule has 7 nitrogen and oxygen atoms in total. The number of hydrogen-bond acceptors (Lipinski definition) is 6. The molecule has 7 heteroatoms. The van der Waals surface area contributed by atoms with Crippen LogP contribution in [-0.2, 0) is 6.54 Å². The van der Waals surface area contributed by atoms with Crippen molar-refractivity contribution < 1.29 is 0 Å². The summed E-state index contributed by atoms with van der Waals surface area (Å²) in [6, 6.07) is 18.0. The third kappa shape index (κ3) is 3.90. The lowest BCUT2D eigenvalue weighted by atomic mass is 9.88. The summed E-state index contributed by atoms with van der Waals surface area (Å²) in [5, 5.41) is 3.51. The van der Waals surface area contributed by atoms with E-state index in [0.717, 1.165) is 59.1 Å². The minimum atomic E-state index is 0.451. The summed E-state index contributed by atoms with van der Waals surface area (Å²) in [4.78, 5) is 16.9. The number of nitrogens with one attached hydrogen (secondary N) is 1. The van der Waals surface area contributed by atoms with E-state index in [1.54, 1.807) is 6.20 Å². The van der Waals surface area contributed by atoms with Gasteiger partial charge in [-0.2, -0.15) is 0 Å². The van der Waals surface area contributed by atoms with Crippen molar-refractivity contribution in [1.29, 1.82) is 0 Å². The van der Waals surface area contributed by atoms with Crippen LogP contribution in [-0.4, -0.2) is 49.6 Å². The maximum Gasteiger partial charge on any atom is 0.165 e. The lowest BCUT2D eigenvalue weighted by Crippen LogP contribution is -2.67. The van der Waals surface area contributed by atoms with Crippen molar-refractivity contribution in [2.75, 3.05) is 18.8 Å². The number of pyridine rings is 2. The molecular formula is C29H31N7. The van der Waals surface area contributed by atoms with Crippen molar-refractivity contribution in [3.63, 3.8) is 0 Å². The number of rotatable bonds is 6. The molecule has 5 heterocycles. The number of fused-ring (bicyclic) bond motifs is 3. The number of piperazine rings is 1. The zero-order chi connectivity index (χ0) is 24.6. The van der Waals surface area contributed by atoms with Crippen LogP contribution in [0.1, 0.15) is 31.5 Å². The van der Waals surface area contributed by atoms with Gasteiger partial charge >= 0.3 is 0 Å². The smallest absolute Gasteiger partial charge is 0.165 e. The minimum absolute atomic E-state index is 0.451. The van der Waals surface area contributed by atoms with Crippen LogP contribution in [0.2, 0.25) is 0 Å². The highest BCUT2D eigenvalue weighted by Crippen LogP contribution is 2.33. The van der Waals surface area contributed by atoms with E-state index >= 15 is 0 Å². The molecule has 3 aromatic heterocycles. The van der Waals surface area contributed by atoms with E-state index in [1.165, 1.54) is 12.0 Å². The van der Waals surface area contributed by atoms with Gasteiger partial charge in [0.25, 0.3) is 0 Å². The molecule has 2 aliphatic heterocycles. The molecule has 2 unspecified atom stereocenters. The quantitative estimate of drug-likeness (QED) is 0.395. The third-order valence-electron chi connectivity index (χ3n) is 7.34. The molecule has 4 aromatic rings. The summed E-state index contributed by atoms with van der Waals surface area (Å²) in [5.41, 5.74) is 13.0. The number of nitrogen functional groups attached to an aromatic ring is 1. The Balaban J connectivity index is 1.44. The number of anilines is 1. The molecule has 2 aliphatic rings. The zero-order valence-corrected chi connectivity index (χ0v) is 20.7. The monoisotopic (exact) mass is 477 g/mol. The molecule has 2 fully saturated rings. The van der Waals surface area contributed by atoms with E-state index in [1.807, 2.05) is 44.2 Å². The molecule has 6 rings (SSSR count). The standard InChI is InChI=1S/C29H31N7/c1-3-6-20(4-2)25-12-13-26-29(33-25)36(28(34-26)24-7-5-14-32-27(24)30)21-10-8-19(9-11-21)18-35-22-15-23(35)17-31-16-22/h3-14,22-23,31H,15-18H2,1-2H3,(H2,30,32)/b6-3-,20-4+. The highest BCUT2D eigenvalue weighted by Gasteiger charge is 2.40. The van der Waals surface area contributed by atoms with Crippen LogP contribution in [0.25, 0.3) is 33.8 Å². The number of nitrogens with zero attached hydrogens (tertiary/aromatic N) is 5. The fourth-order valence-electron chi connectivity index (χ4n) is 5.44. The van der Waals surface area contributed by atoms with E-state index < -0.39 is 0 Å². The van der Waals surface area contributed by atoms with Gasteiger partial charge in [-0.05, 0) is 67.8 Å². The SMILES string of the molecule is C/C=C\C(=C/C)c1ccc2nc(-c3cccnc3N)n(-c3ccc(CN4C5CNCC4C5)cc3)c2n1. The molecule has 0 aliphatic carbocycles. The van der Waals surface area contributed by atoms with Crippen LogP contribution in [0, 0.1) is 0 Å². The fraction of sp³-hybridized carbons (Fsp3) is 0.276. The van der Waals surface area contributed by atoms with E-state index in [4.69, 9.17) is 15.7 Å². The maximum absolute atomic E-state index is 6.29. The predicted octanol–water partition coefficient (Wildman–Crippen LogP) is 4.59. The number of imidazole rings is 1. The number of benzene rings is 1. The summed E-state index contributed by atoms with van der Waals surface area (Å²) in [5.74, 6) is 1.19. The summed E-state index contributed by atoms with van der Waals surface area (Å²) in [6.07, 6.45) is 9.19. The van der Waals surface area contributed by atoms with Gasteiger partial charge in [0.05, 0.1) is 11.3 Å². The number of piperidine rings is 1. The van der Waals surface area contributed by atoms with Crippen molar-refractivity contribution in [2.45, 2.75) is 38.9 Å². The van der Waals surface area contributed by atoms with Crippen LogP contribution in [0.4, 0.5) is 5.82 Å². The number of allylic oxidation sites excluding steroid dienone is 4. The number of nitrogens with two attached hydrogens (primary N) is 1. The van der Waals surface area contributed by atoms with Gasteiger partial charge in [-0.3, -0.25) is 9.47 Å². The van der Waals surface area contributed by atoms with E-state index in [-0.39, 0.29) is 0 Å². The average molecular weight is 478 g/mol. The van der Waals surface area contributed by atoms with Crippen LogP contribution < -0.4 is 11.1 Å². The van der Waals surface area contributed by atoms with Crippen LogP contribution in [0.3, 0.4) is 0 Å². The molecule has 2 bridgehead atoms. The molecular weight excluding hydrogens is 446 g/mol. The number of hydrogen-bond donors (Lipinski definition) is 2. The lowest BCUT2D eigenvalue weighted by molar-refractivity contribution is -0.0206. The largest absolute Gasteiger partial charge is 0.383 e. The van der Waals surface area contributed by atoms with Crippen molar-refractivity contribution in [2.24, 2.45) is 0 Å². The Morgan fingerprint density at radius 1 is 1.06 bits per heavy atom. The first-order chi connectivity index (χ1) is 17.7. The minimum Gasteiger partial charge on any atom is -0.383 e. The molecule has 2 saturated heterocycles. The van der Waals surface area contributed by atoms with Gasteiger partial charge in [0, 0.05) is 43.6 Å². The molecule has 0 spiro atoms. The second-order valence-corrected chi connectivity index (χ2v) is 9.53. The molecule has 0 amide bonds. The summed E-state index contributed by atoms with van der Waals surface area (Å²) >= 11 is 0. The van der Waals surface area contributed by atoms with Crippen molar-refractivity contribution in [1.82, 2.24) is 29.7 Å².